The molecule has 1 amide bonds. The van der Waals surface area contributed by atoms with Gasteiger partial charge < -0.3 is 5.32 Å². The van der Waals surface area contributed by atoms with E-state index < -0.39 is 15.8 Å². The average Bonchev–Trinajstić information content (AvgIpc) is 3.25. The molecule has 1 aromatic carbocycles. The summed E-state index contributed by atoms with van der Waals surface area (Å²) >= 11 is 0. The monoisotopic (exact) mass is 380 g/mol. The Kier molecular flexibility index (Phi) is 5.38. The zero-order valence-corrected chi connectivity index (χ0v) is 15.2. The minimum atomic E-state index is -3.71. The molecule has 1 fully saturated rings. The van der Waals surface area contributed by atoms with E-state index in [4.69, 9.17) is 0 Å². The second-order valence-electron chi connectivity index (χ2n) is 6.29. The van der Waals surface area contributed by atoms with Crippen LogP contribution in [0.15, 0.2) is 41.4 Å². The molecule has 3 rings (SSSR count). The molecule has 1 aliphatic rings. The quantitative estimate of drug-likeness (QED) is 0.815. The van der Waals surface area contributed by atoms with Crippen LogP contribution in [0, 0.1) is 18.7 Å². The SMILES string of the molecule is Cc1ccnn1CCNC(=O)[C@@H]1CCN(S(=O)(=O)c2ccc(F)cc2)C1. The molecular formula is C17H21FN4O3S. The van der Waals surface area contributed by atoms with Crippen LogP contribution in [-0.2, 0) is 21.4 Å². The first-order chi connectivity index (χ1) is 12.4. The molecule has 26 heavy (non-hydrogen) atoms. The van der Waals surface area contributed by atoms with Crippen LogP contribution in [0.4, 0.5) is 4.39 Å². The highest BCUT2D eigenvalue weighted by Gasteiger charge is 2.35. The van der Waals surface area contributed by atoms with Crippen LogP contribution in [0.1, 0.15) is 12.1 Å². The summed E-state index contributed by atoms with van der Waals surface area (Å²) in [6, 6.07) is 6.60. The van der Waals surface area contributed by atoms with Crippen molar-refractivity contribution in [2.75, 3.05) is 19.6 Å². The Morgan fingerprint density at radius 3 is 2.69 bits per heavy atom. The van der Waals surface area contributed by atoms with Crippen molar-refractivity contribution in [3.8, 4) is 0 Å². The van der Waals surface area contributed by atoms with Gasteiger partial charge in [0.15, 0.2) is 0 Å². The van der Waals surface area contributed by atoms with Gasteiger partial charge in [-0.1, -0.05) is 0 Å². The molecule has 0 unspecified atom stereocenters. The fourth-order valence-electron chi connectivity index (χ4n) is 2.98. The Hall–Kier alpha value is -2.26. The molecule has 7 nitrogen and oxygen atoms in total. The molecule has 1 N–H and O–H groups in total. The number of benzene rings is 1. The topological polar surface area (TPSA) is 84.3 Å². The van der Waals surface area contributed by atoms with Gasteiger partial charge in [0, 0.05) is 31.5 Å². The van der Waals surface area contributed by atoms with E-state index in [1.807, 2.05) is 13.0 Å². The number of aryl methyl sites for hydroxylation is 1. The lowest BCUT2D eigenvalue weighted by Crippen LogP contribution is -2.36. The first-order valence-corrected chi connectivity index (χ1v) is 9.84. The first kappa shape index (κ1) is 18.5. The number of halogens is 1. The van der Waals surface area contributed by atoms with Gasteiger partial charge in [0.1, 0.15) is 5.82 Å². The van der Waals surface area contributed by atoms with Gasteiger partial charge >= 0.3 is 0 Å². The Morgan fingerprint density at radius 1 is 1.31 bits per heavy atom. The van der Waals surface area contributed by atoms with Gasteiger partial charge in [-0.3, -0.25) is 9.48 Å². The molecule has 1 aliphatic heterocycles. The molecule has 0 bridgehead atoms. The lowest BCUT2D eigenvalue weighted by atomic mass is 10.1. The summed E-state index contributed by atoms with van der Waals surface area (Å²) < 4.78 is 41.2. The van der Waals surface area contributed by atoms with E-state index in [2.05, 4.69) is 10.4 Å². The zero-order valence-electron chi connectivity index (χ0n) is 14.4. The summed E-state index contributed by atoms with van der Waals surface area (Å²) in [6.45, 7) is 3.34. The maximum atomic E-state index is 13.0. The Balaban J connectivity index is 1.55. The van der Waals surface area contributed by atoms with E-state index in [9.17, 15) is 17.6 Å². The number of hydrogen-bond donors (Lipinski definition) is 1. The Labute approximate surface area is 151 Å². The highest BCUT2D eigenvalue weighted by Crippen LogP contribution is 2.24. The van der Waals surface area contributed by atoms with Crippen LogP contribution in [0.25, 0.3) is 0 Å². The first-order valence-electron chi connectivity index (χ1n) is 8.40. The number of nitrogens with one attached hydrogen (secondary N) is 1. The van der Waals surface area contributed by atoms with Gasteiger partial charge in [-0.05, 0) is 43.7 Å². The third kappa shape index (κ3) is 3.94. The summed E-state index contributed by atoms with van der Waals surface area (Å²) in [6.07, 6.45) is 2.17. The van der Waals surface area contributed by atoms with E-state index in [1.165, 1.54) is 16.4 Å². The van der Waals surface area contributed by atoms with Crippen molar-refractivity contribution in [2.45, 2.75) is 24.8 Å². The Morgan fingerprint density at radius 2 is 2.04 bits per heavy atom. The van der Waals surface area contributed by atoms with E-state index in [0.29, 0.717) is 19.5 Å². The molecular weight excluding hydrogens is 359 g/mol. The Bertz CT molecular complexity index is 880. The number of rotatable bonds is 6. The third-order valence-corrected chi connectivity index (χ3v) is 6.40. The van der Waals surface area contributed by atoms with Crippen LogP contribution in [0.3, 0.4) is 0 Å². The lowest BCUT2D eigenvalue weighted by Gasteiger charge is -2.16. The lowest BCUT2D eigenvalue weighted by molar-refractivity contribution is -0.124. The van der Waals surface area contributed by atoms with Crippen molar-refractivity contribution >= 4 is 15.9 Å². The zero-order chi connectivity index (χ0) is 18.7. The van der Waals surface area contributed by atoms with Crippen LogP contribution in [0.2, 0.25) is 0 Å². The number of aromatic nitrogens is 2. The molecule has 1 atom stereocenters. The molecule has 2 aromatic rings. The van der Waals surface area contributed by atoms with Gasteiger partial charge in [0.2, 0.25) is 15.9 Å². The minimum Gasteiger partial charge on any atom is -0.354 e. The van der Waals surface area contributed by atoms with Gasteiger partial charge in [-0.15, -0.1) is 0 Å². The largest absolute Gasteiger partial charge is 0.354 e. The summed E-state index contributed by atoms with van der Waals surface area (Å²) in [4.78, 5) is 12.3. The van der Waals surface area contributed by atoms with Crippen molar-refractivity contribution in [1.82, 2.24) is 19.4 Å². The number of sulfonamides is 1. The smallest absolute Gasteiger partial charge is 0.243 e. The van der Waals surface area contributed by atoms with Gasteiger partial charge in [-0.2, -0.15) is 9.40 Å². The number of amides is 1. The molecule has 0 spiro atoms. The second-order valence-corrected chi connectivity index (χ2v) is 8.23. The second kappa shape index (κ2) is 7.55. The van der Waals surface area contributed by atoms with Crippen LogP contribution in [0.5, 0.6) is 0 Å². The number of hydrogen-bond acceptors (Lipinski definition) is 4. The normalized spacial score (nSPS) is 18.2. The van der Waals surface area contributed by atoms with Crippen LogP contribution >= 0.6 is 0 Å². The van der Waals surface area contributed by atoms with Crippen LogP contribution in [-0.4, -0.2) is 48.0 Å². The third-order valence-electron chi connectivity index (χ3n) is 4.52. The summed E-state index contributed by atoms with van der Waals surface area (Å²) in [5.74, 6) is -1.04. The minimum absolute atomic E-state index is 0.0362. The van der Waals surface area contributed by atoms with Crippen molar-refractivity contribution in [3.63, 3.8) is 0 Å². The maximum absolute atomic E-state index is 13.0. The molecule has 0 saturated carbocycles. The number of nitrogens with zero attached hydrogens (tertiary/aromatic N) is 3. The maximum Gasteiger partial charge on any atom is 0.243 e. The van der Waals surface area contributed by atoms with Crippen LogP contribution < -0.4 is 5.32 Å². The van der Waals surface area contributed by atoms with E-state index in [0.717, 1.165) is 17.8 Å². The predicted molar refractivity (Wildman–Crippen MR) is 93.2 cm³/mol. The fraction of sp³-hybridized carbons (Fsp3) is 0.412. The highest BCUT2D eigenvalue weighted by atomic mass is 32.2. The number of carbonyl (C=O) groups excluding carboxylic acids is 1. The standard InChI is InChI=1S/C17H21FN4O3S/c1-13-6-8-20-22(13)11-9-19-17(23)14-7-10-21(12-14)26(24,25)16-4-2-15(18)3-5-16/h2-6,8,14H,7,9-12H2,1H3,(H,19,23)/t14-/m1/s1. The molecule has 2 heterocycles. The molecule has 1 aromatic heterocycles. The van der Waals surface area contributed by atoms with Crippen molar-refractivity contribution < 1.29 is 17.6 Å². The fourth-order valence-corrected chi connectivity index (χ4v) is 4.48. The van der Waals surface area contributed by atoms with E-state index in [1.54, 1.807) is 10.9 Å². The summed E-state index contributed by atoms with van der Waals surface area (Å²) in [5, 5.41) is 6.98. The molecule has 0 radical (unpaired) electrons. The van der Waals surface area contributed by atoms with Crippen molar-refractivity contribution in [3.05, 3.63) is 48.0 Å². The van der Waals surface area contributed by atoms with Crippen molar-refractivity contribution in [1.29, 1.82) is 0 Å². The summed E-state index contributed by atoms with van der Waals surface area (Å²) in [5.41, 5.74) is 1.01. The van der Waals surface area contributed by atoms with Gasteiger partial charge in [0.05, 0.1) is 17.4 Å². The average molecular weight is 380 g/mol. The molecule has 140 valence electrons. The van der Waals surface area contributed by atoms with E-state index in [-0.39, 0.29) is 29.8 Å². The molecule has 1 saturated heterocycles. The molecule has 0 aliphatic carbocycles. The predicted octanol–water partition coefficient (Wildman–Crippen LogP) is 1.16. The van der Waals surface area contributed by atoms with Crippen molar-refractivity contribution in [2.24, 2.45) is 5.92 Å². The molecule has 9 heteroatoms. The highest BCUT2D eigenvalue weighted by molar-refractivity contribution is 7.89. The van der Waals surface area contributed by atoms with E-state index >= 15 is 0 Å². The van der Waals surface area contributed by atoms with Gasteiger partial charge in [0.25, 0.3) is 0 Å². The number of carbonyl (C=O) groups is 1. The van der Waals surface area contributed by atoms with Gasteiger partial charge in [-0.25, -0.2) is 12.8 Å². The summed E-state index contributed by atoms with van der Waals surface area (Å²) in [7, 11) is -3.71.